The van der Waals surface area contributed by atoms with Crippen LogP contribution in [0.1, 0.15) is 37.4 Å². The molecule has 0 aliphatic carbocycles. The van der Waals surface area contributed by atoms with Gasteiger partial charge in [0.05, 0.1) is 16.2 Å². The maximum Gasteiger partial charge on any atom is 0.293 e. The van der Waals surface area contributed by atoms with Gasteiger partial charge in [-0.25, -0.2) is 0 Å². The van der Waals surface area contributed by atoms with Gasteiger partial charge in [-0.15, -0.1) is 0 Å². The van der Waals surface area contributed by atoms with Crippen LogP contribution >= 0.6 is 0 Å². The van der Waals surface area contributed by atoms with E-state index >= 15 is 0 Å². The third kappa shape index (κ3) is 5.62. The predicted molar refractivity (Wildman–Crippen MR) is 122 cm³/mol. The van der Waals surface area contributed by atoms with Crippen molar-refractivity contribution in [2.45, 2.75) is 13.1 Å². The zero-order valence-electron chi connectivity index (χ0n) is 17.4. The number of nitriles is 1. The van der Waals surface area contributed by atoms with Crippen LogP contribution in [0.5, 0.6) is 0 Å². The van der Waals surface area contributed by atoms with Crippen molar-refractivity contribution in [1.82, 2.24) is 0 Å². The molecule has 3 rings (SSSR count). The third-order valence-corrected chi connectivity index (χ3v) is 4.90. The number of nitro groups is 1. The van der Waals surface area contributed by atoms with Crippen LogP contribution < -0.4 is 22.1 Å². The predicted octanol–water partition coefficient (Wildman–Crippen LogP) is 2.89. The average molecular weight is 444 g/mol. The SMILES string of the molecule is N#Cc1cc([N+](=O)[O-])c(NCc2ccc(C(N)=O)cc2)cc1NCc1ccc(C(N)=O)cc1. The number of anilines is 2. The van der Waals surface area contributed by atoms with Crippen molar-refractivity contribution in [3.05, 3.63) is 98.6 Å². The number of nitrogens with two attached hydrogens (primary N) is 2. The van der Waals surface area contributed by atoms with Crippen LogP contribution in [0.3, 0.4) is 0 Å². The molecule has 10 heteroatoms. The van der Waals surface area contributed by atoms with Gasteiger partial charge in [-0.05, 0) is 41.5 Å². The summed E-state index contributed by atoms with van der Waals surface area (Å²) in [5.74, 6) is -1.08. The summed E-state index contributed by atoms with van der Waals surface area (Å²) in [5, 5.41) is 27.1. The van der Waals surface area contributed by atoms with E-state index in [1.165, 1.54) is 12.1 Å². The normalized spacial score (nSPS) is 10.2. The summed E-state index contributed by atoms with van der Waals surface area (Å²) < 4.78 is 0. The number of rotatable bonds is 9. The first-order valence-corrected chi connectivity index (χ1v) is 9.76. The molecule has 0 unspecified atom stereocenters. The van der Waals surface area contributed by atoms with Crippen molar-refractivity contribution >= 4 is 28.9 Å². The van der Waals surface area contributed by atoms with Gasteiger partial charge < -0.3 is 22.1 Å². The van der Waals surface area contributed by atoms with Crippen LogP contribution in [0.25, 0.3) is 0 Å². The summed E-state index contributed by atoms with van der Waals surface area (Å²) in [6, 6.07) is 17.8. The van der Waals surface area contributed by atoms with Gasteiger partial charge >= 0.3 is 0 Å². The second-order valence-electron chi connectivity index (χ2n) is 7.11. The summed E-state index contributed by atoms with van der Waals surface area (Å²) in [4.78, 5) is 33.4. The molecule has 0 saturated heterocycles. The highest BCUT2D eigenvalue weighted by molar-refractivity contribution is 5.93. The Morgan fingerprint density at radius 2 is 1.30 bits per heavy atom. The Hall–Kier alpha value is -4.91. The minimum absolute atomic E-state index is 0.117. The number of amides is 2. The summed E-state index contributed by atoms with van der Waals surface area (Å²) >= 11 is 0. The van der Waals surface area contributed by atoms with Gasteiger partial charge in [0.25, 0.3) is 5.69 Å². The van der Waals surface area contributed by atoms with E-state index in [9.17, 15) is 25.0 Å². The average Bonchev–Trinajstić information content (AvgIpc) is 2.81. The lowest BCUT2D eigenvalue weighted by Gasteiger charge is -2.13. The van der Waals surface area contributed by atoms with E-state index in [2.05, 4.69) is 10.6 Å². The molecule has 0 aromatic heterocycles. The van der Waals surface area contributed by atoms with Crippen molar-refractivity contribution in [1.29, 1.82) is 5.26 Å². The van der Waals surface area contributed by atoms with Gasteiger partial charge in [-0.3, -0.25) is 19.7 Å². The van der Waals surface area contributed by atoms with Gasteiger partial charge in [-0.2, -0.15) is 5.26 Å². The number of nitro benzene ring substituents is 1. The quantitative estimate of drug-likeness (QED) is 0.289. The van der Waals surface area contributed by atoms with Crippen LogP contribution in [0.2, 0.25) is 0 Å². The van der Waals surface area contributed by atoms with Gasteiger partial charge in [0.2, 0.25) is 11.8 Å². The highest BCUT2D eigenvalue weighted by Gasteiger charge is 2.18. The smallest absolute Gasteiger partial charge is 0.293 e. The number of nitrogens with zero attached hydrogens (tertiary/aromatic N) is 2. The highest BCUT2D eigenvalue weighted by atomic mass is 16.6. The lowest BCUT2D eigenvalue weighted by Crippen LogP contribution is -2.11. The van der Waals surface area contributed by atoms with Crippen LogP contribution in [0, 0.1) is 21.4 Å². The van der Waals surface area contributed by atoms with Crippen molar-refractivity contribution in [3.63, 3.8) is 0 Å². The van der Waals surface area contributed by atoms with E-state index in [-0.39, 0.29) is 23.5 Å². The second kappa shape index (κ2) is 9.93. The molecule has 0 atom stereocenters. The van der Waals surface area contributed by atoms with Gasteiger partial charge in [0, 0.05) is 30.3 Å². The first-order chi connectivity index (χ1) is 15.8. The molecule has 0 spiro atoms. The van der Waals surface area contributed by atoms with E-state index in [1.807, 2.05) is 6.07 Å². The van der Waals surface area contributed by atoms with Crippen molar-refractivity contribution in [2.75, 3.05) is 10.6 Å². The number of hydrogen-bond acceptors (Lipinski definition) is 7. The molecule has 33 heavy (non-hydrogen) atoms. The molecular formula is C23H20N6O4. The molecule has 0 radical (unpaired) electrons. The molecule has 0 saturated carbocycles. The molecule has 0 aliphatic rings. The maximum absolute atomic E-state index is 11.5. The zero-order chi connectivity index (χ0) is 24.0. The molecule has 0 bridgehead atoms. The van der Waals surface area contributed by atoms with Crippen LogP contribution in [0.15, 0.2) is 60.7 Å². The van der Waals surface area contributed by atoms with E-state index in [0.29, 0.717) is 23.4 Å². The maximum atomic E-state index is 11.5. The monoisotopic (exact) mass is 444 g/mol. The minimum Gasteiger partial charge on any atom is -0.380 e. The number of primary amides is 2. The Kier molecular flexibility index (Phi) is 6.85. The minimum atomic E-state index is -0.564. The van der Waals surface area contributed by atoms with Crippen LogP contribution in [-0.2, 0) is 13.1 Å². The molecule has 10 nitrogen and oxygen atoms in total. The fourth-order valence-corrected chi connectivity index (χ4v) is 3.09. The lowest BCUT2D eigenvalue weighted by atomic mass is 10.1. The summed E-state index contributed by atoms with van der Waals surface area (Å²) in [5.41, 5.74) is 13.3. The molecule has 0 fully saturated rings. The molecule has 0 aliphatic heterocycles. The van der Waals surface area contributed by atoms with E-state index in [4.69, 9.17) is 11.5 Å². The molecule has 0 heterocycles. The first-order valence-electron chi connectivity index (χ1n) is 9.76. The second-order valence-corrected chi connectivity index (χ2v) is 7.11. The van der Waals surface area contributed by atoms with Crippen LogP contribution in [0.4, 0.5) is 17.1 Å². The number of nitrogens with one attached hydrogen (secondary N) is 2. The highest BCUT2D eigenvalue weighted by Crippen LogP contribution is 2.32. The summed E-state index contributed by atoms with van der Waals surface area (Å²) in [6.45, 7) is 0.569. The zero-order valence-corrected chi connectivity index (χ0v) is 17.4. The molecular weight excluding hydrogens is 424 g/mol. The summed E-state index contributed by atoms with van der Waals surface area (Å²) in [6.07, 6.45) is 0. The standard InChI is InChI=1S/C23H20N6O4/c24-11-18-9-21(29(32)33)20(28-13-15-3-7-17(8-4-15)23(26)31)10-19(18)27-12-14-1-5-16(6-2-14)22(25)30/h1-10,27-28H,12-13H2,(H2,25,30)(H2,26,31). The van der Waals surface area contributed by atoms with E-state index in [1.54, 1.807) is 48.5 Å². The number of carbonyl (C=O) groups is 2. The molecule has 2 amide bonds. The molecule has 166 valence electrons. The number of benzene rings is 3. The topological polar surface area (TPSA) is 177 Å². The Morgan fingerprint density at radius 3 is 1.70 bits per heavy atom. The largest absolute Gasteiger partial charge is 0.380 e. The molecule has 3 aromatic carbocycles. The fourth-order valence-electron chi connectivity index (χ4n) is 3.09. The Balaban J connectivity index is 1.81. The lowest BCUT2D eigenvalue weighted by molar-refractivity contribution is -0.384. The Labute approximate surface area is 189 Å². The number of hydrogen-bond donors (Lipinski definition) is 4. The van der Waals surface area contributed by atoms with Crippen molar-refractivity contribution < 1.29 is 14.5 Å². The Bertz CT molecular complexity index is 1250. The molecule has 3 aromatic rings. The first kappa shape index (κ1) is 22.8. The third-order valence-electron chi connectivity index (χ3n) is 4.90. The number of carbonyl (C=O) groups excluding carboxylic acids is 2. The van der Waals surface area contributed by atoms with Gasteiger partial charge in [0.1, 0.15) is 11.8 Å². The summed E-state index contributed by atoms with van der Waals surface area (Å²) in [7, 11) is 0. The van der Waals surface area contributed by atoms with E-state index < -0.39 is 16.7 Å². The van der Waals surface area contributed by atoms with Gasteiger partial charge in [0.15, 0.2) is 0 Å². The Morgan fingerprint density at radius 1 is 0.848 bits per heavy atom. The van der Waals surface area contributed by atoms with E-state index in [0.717, 1.165) is 11.1 Å². The fraction of sp³-hybridized carbons (Fsp3) is 0.0870. The van der Waals surface area contributed by atoms with Crippen molar-refractivity contribution in [2.24, 2.45) is 11.5 Å². The van der Waals surface area contributed by atoms with Crippen molar-refractivity contribution in [3.8, 4) is 6.07 Å². The molecule has 6 N–H and O–H groups in total. The van der Waals surface area contributed by atoms with Crippen LogP contribution in [-0.4, -0.2) is 16.7 Å². The van der Waals surface area contributed by atoms with Gasteiger partial charge in [-0.1, -0.05) is 24.3 Å².